The van der Waals surface area contributed by atoms with Crippen LogP contribution in [-0.2, 0) is 5.33 Å². The highest BCUT2D eigenvalue weighted by Gasteiger charge is 2.30. The molecule has 1 aromatic rings. The van der Waals surface area contributed by atoms with Gasteiger partial charge in [-0.2, -0.15) is 0 Å². The summed E-state index contributed by atoms with van der Waals surface area (Å²) in [4.78, 5) is 2.40. The van der Waals surface area contributed by atoms with E-state index < -0.39 is 0 Å². The maximum Gasteiger partial charge on any atom is 0.0642 e. The van der Waals surface area contributed by atoms with Gasteiger partial charge in [0.2, 0.25) is 0 Å². The van der Waals surface area contributed by atoms with Gasteiger partial charge in [0.05, 0.1) is 10.7 Å². The number of hydrogen-bond acceptors (Lipinski definition) is 1. The quantitative estimate of drug-likeness (QED) is 0.641. The van der Waals surface area contributed by atoms with E-state index in [1.807, 2.05) is 12.1 Å². The van der Waals surface area contributed by atoms with Crippen molar-refractivity contribution in [1.82, 2.24) is 0 Å². The minimum Gasteiger partial charge on any atom is -0.370 e. The normalized spacial score (nSPS) is 19.4. The molecule has 3 heteroatoms. The van der Waals surface area contributed by atoms with E-state index in [0.29, 0.717) is 11.5 Å². The molecule has 1 fully saturated rings. The lowest BCUT2D eigenvalue weighted by Gasteiger charge is -2.40. The lowest BCUT2D eigenvalue weighted by atomic mass is 9.75. The summed E-state index contributed by atoms with van der Waals surface area (Å²) in [5, 5.41) is 1.72. The minimum atomic E-state index is 0.510. The molecule has 1 aliphatic rings. The number of nitrogens with zero attached hydrogens (tertiary/aromatic N) is 1. The molecule has 0 aliphatic heterocycles. The van der Waals surface area contributed by atoms with Gasteiger partial charge in [0.15, 0.2) is 0 Å². The van der Waals surface area contributed by atoms with Crippen LogP contribution >= 0.6 is 27.5 Å². The maximum atomic E-state index is 6.42. The summed E-state index contributed by atoms with van der Waals surface area (Å²) in [6.07, 6.45) is 5.12. The topological polar surface area (TPSA) is 3.24 Å². The van der Waals surface area contributed by atoms with Crippen LogP contribution < -0.4 is 4.90 Å². The molecule has 0 saturated heterocycles. The lowest BCUT2D eigenvalue weighted by Crippen LogP contribution is -2.37. The van der Waals surface area contributed by atoms with Crippen molar-refractivity contribution >= 4 is 33.2 Å². The van der Waals surface area contributed by atoms with Crippen molar-refractivity contribution in [3.05, 3.63) is 28.8 Å². The first kappa shape index (κ1) is 15.2. The van der Waals surface area contributed by atoms with E-state index in [9.17, 15) is 0 Å². The third-order valence-corrected chi connectivity index (χ3v) is 5.33. The van der Waals surface area contributed by atoms with E-state index in [1.54, 1.807) is 0 Å². The molecule has 1 saturated carbocycles. The Bertz CT molecular complexity index is 434. The second-order valence-electron chi connectivity index (χ2n) is 6.39. The molecule has 0 N–H and O–H groups in total. The largest absolute Gasteiger partial charge is 0.370 e. The zero-order chi connectivity index (χ0) is 14.0. The van der Waals surface area contributed by atoms with E-state index in [2.05, 4.69) is 47.8 Å². The van der Waals surface area contributed by atoms with Crippen LogP contribution in [-0.4, -0.2) is 13.1 Å². The SMILES string of the molecule is CN(c1c(Cl)cccc1CBr)C1CCC(C)(C)CC1. The van der Waals surface area contributed by atoms with Crippen molar-refractivity contribution in [3.8, 4) is 0 Å². The monoisotopic (exact) mass is 343 g/mol. The van der Waals surface area contributed by atoms with E-state index >= 15 is 0 Å². The molecule has 1 nitrogen and oxygen atoms in total. The number of anilines is 1. The van der Waals surface area contributed by atoms with Gasteiger partial charge in [-0.05, 0) is 42.7 Å². The molecular weight excluding hydrogens is 322 g/mol. The van der Waals surface area contributed by atoms with Crippen molar-refractivity contribution in [3.63, 3.8) is 0 Å². The molecular formula is C16H23BrClN. The molecule has 0 spiro atoms. The Kier molecular flexibility index (Phi) is 4.84. The second kappa shape index (κ2) is 6.05. The van der Waals surface area contributed by atoms with Gasteiger partial charge in [-0.25, -0.2) is 0 Å². The van der Waals surface area contributed by atoms with Crippen molar-refractivity contribution in [2.45, 2.75) is 50.9 Å². The molecule has 1 aliphatic carbocycles. The first-order valence-electron chi connectivity index (χ1n) is 7.01. The van der Waals surface area contributed by atoms with Crippen molar-refractivity contribution in [1.29, 1.82) is 0 Å². The number of halogens is 2. The predicted octanol–water partition coefficient (Wildman–Crippen LogP) is 5.64. The lowest BCUT2D eigenvalue weighted by molar-refractivity contribution is 0.222. The van der Waals surface area contributed by atoms with Crippen LogP contribution in [0.4, 0.5) is 5.69 Å². The molecule has 19 heavy (non-hydrogen) atoms. The molecule has 0 atom stereocenters. The van der Waals surface area contributed by atoms with Crippen LogP contribution in [0, 0.1) is 5.41 Å². The molecule has 0 heterocycles. The fourth-order valence-corrected chi connectivity index (χ4v) is 3.80. The maximum absolute atomic E-state index is 6.42. The average molecular weight is 345 g/mol. The van der Waals surface area contributed by atoms with Crippen LogP contribution in [0.15, 0.2) is 18.2 Å². The molecule has 106 valence electrons. The Labute approximate surface area is 130 Å². The van der Waals surface area contributed by atoms with Crippen LogP contribution in [0.1, 0.15) is 45.1 Å². The Morgan fingerprint density at radius 2 is 1.95 bits per heavy atom. The highest BCUT2D eigenvalue weighted by Crippen LogP contribution is 2.40. The fourth-order valence-electron chi connectivity index (χ4n) is 3.02. The Hall–Kier alpha value is -0.210. The minimum absolute atomic E-state index is 0.510. The Balaban J connectivity index is 2.18. The molecule has 1 aromatic carbocycles. The third-order valence-electron chi connectivity index (χ3n) is 4.42. The summed E-state index contributed by atoms with van der Waals surface area (Å²) in [5.74, 6) is 0. The highest BCUT2D eigenvalue weighted by molar-refractivity contribution is 9.08. The van der Waals surface area contributed by atoms with Crippen molar-refractivity contribution in [2.75, 3.05) is 11.9 Å². The van der Waals surface area contributed by atoms with Gasteiger partial charge in [-0.1, -0.05) is 53.5 Å². The van der Waals surface area contributed by atoms with Gasteiger partial charge in [0, 0.05) is 18.4 Å². The summed E-state index contributed by atoms with van der Waals surface area (Å²) in [7, 11) is 2.19. The van der Waals surface area contributed by atoms with Gasteiger partial charge in [0.25, 0.3) is 0 Å². The van der Waals surface area contributed by atoms with Crippen LogP contribution in [0.25, 0.3) is 0 Å². The van der Waals surface area contributed by atoms with Gasteiger partial charge in [-0.15, -0.1) is 0 Å². The highest BCUT2D eigenvalue weighted by atomic mass is 79.9. The van der Waals surface area contributed by atoms with Gasteiger partial charge >= 0.3 is 0 Å². The second-order valence-corrected chi connectivity index (χ2v) is 7.36. The van der Waals surface area contributed by atoms with Crippen LogP contribution in [0.3, 0.4) is 0 Å². The summed E-state index contributed by atoms with van der Waals surface area (Å²) < 4.78 is 0. The summed E-state index contributed by atoms with van der Waals surface area (Å²) in [5.41, 5.74) is 2.99. The van der Waals surface area contributed by atoms with Gasteiger partial charge in [0.1, 0.15) is 0 Å². The molecule has 0 bridgehead atoms. The van der Waals surface area contributed by atoms with Gasteiger partial charge in [-0.3, -0.25) is 0 Å². The molecule has 0 amide bonds. The van der Waals surface area contributed by atoms with Crippen molar-refractivity contribution in [2.24, 2.45) is 5.41 Å². The Morgan fingerprint density at radius 1 is 1.32 bits per heavy atom. The first-order valence-corrected chi connectivity index (χ1v) is 8.51. The van der Waals surface area contributed by atoms with E-state index in [4.69, 9.17) is 11.6 Å². The fraction of sp³-hybridized carbons (Fsp3) is 0.625. The van der Waals surface area contributed by atoms with Gasteiger partial charge < -0.3 is 4.90 Å². The summed E-state index contributed by atoms with van der Waals surface area (Å²) in [6, 6.07) is 6.79. The average Bonchev–Trinajstić information content (AvgIpc) is 2.37. The number of rotatable bonds is 3. The number of hydrogen-bond donors (Lipinski definition) is 0. The summed E-state index contributed by atoms with van der Waals surface area (Å²) >= 11 is 9.98. The molecule has 0 unspecified atom stereocenters. The zero-order valence-electron chi connectivity index (χ0n) is 12.0. The zero-order valence-corrected chi connectivity index (χ0v) is 14.4. The summed E-state index contributed by atoms with van der Waals surface area (Å²) in [6.45, 7) is 4.76. The molecule has 0 aromatic heterocycles. The number of benzene rings is 1. The van der Waals surface area contributed by atoms with Crippen LogP contribution in [0.5, 0.6) is 0 Å². The first-order chi connectivity index (χ1) is 8.94. The predicted molar refractivity (Wildman–Crippen MR) is 88.5 cm³/mol. The van der Waals surface area contributed by atoms with E-state index in [0.717, 1.165) is 10.4 Å². The van der Waals surface area contributed by atoms with Crippen molar-refractivity contribution < 1.29 is 0 Å². The smallest absolute Gasteiger partial charge is 0.0642 e. The Morgan fingerprint density at radius 3 is 2.53 bits per heavy atom. The third kappa shape index (κ3) is 3.46. The standard InChI is InChI=1S/C16H23BrClN/c1-16(2)9-7-13(8-10-16)19(3)15-12(11-17)5-4-6-14(15)18/h4-6,13H,7-11H2,1-3H3. The van der Waals surface area contributed by atoms with E-state index in [-0.39, 0.29) is 0 Å². The number of para-hydroxylation sites is 1. The van der Waals surface area contributed by atoms with Crippen LogP contribution in [0.2, 0.25) is 5.02 Å². The van der Waals surface area contributed by atoms with E-state index in [1.165, 1.54) is 36.9 Å². The molecule has 2 rings (SSSR count). The number of alkyl halides is 1. The molecule has 0 radical (unpaired) electrons.